The summed E-state index contributed by atoms with van der Waals surface area (Å²) in [5, 5.41) is 3.81. The molecule has 31 heavy (non-hydrogen) atoms. The third-order valence-electron chi connectivity index (χ3n) is 4.86. The van der Waals surface area contributed by atoms with Gasteiger partial charge in [0.25, 0.3) is 0 Å². The van der Waals surface area contributed by atoms with Gasteiger partial charge in [0.15, 0.2) is 12.4 Å². The predicted octanol–water partition coefficient (Wildman–Crippen LogP) is 4.10. The number of esters is 1. The summed E-state index contributed by atoms with van der Waals surface area (Å²) in [5.41, 5.74) is 3.25. The van der Waals surface area contributed by atoms with E-state index in [1.54, 1.807) is 12.1 Å². The van der Waals surface area contributed by atoms with E-state index in [-0.39, 0.29) is 25.2 Å². The molecule has 3 aromatic heterocycles. The number of Topliss-reactive ketones (excluding diaryl/α,β-unsaturated/α-hetero) is 1. The average Bonchev–Trinajstić information content (AvgIpc) is 3.51. The monoisotopic (exact) mass is 419 g/mol. The maximum absolute atomic E-state index is 12.6. The highest BCUT2D eigenvalue weighted by atomic mass is 16.5. The van der Waals surface area contributed by atoms with Crippen molar-refractivity contribution in [1.82, 2.24) is 14.7 Å². The molecule has 0 aliphatic rings. The smallest absolute Gasteiger partial charge is 0.306 e. The zero-order valence-corrected chi connectivity index (χ0v) is 17.2. The number of aromatic nitrogens is 3. The van der Waals surface area contributed by atoms with Gasteiger partial charge in [-0.25, -0.2) is 0 Å². The van der Waals surface area contributed by atoms with Crippen LogP contribution in [-0.4, -0.2) is 33.1 Å². The number of para-hydroxylation sites is 1. The Morgan fingerprint density at radius 1 is 1.10 bits per heavy atom. The largest absolute Gasteiger partial charge is 0.461 e. The molecule has 0 spiro atoms. The summed E-state index contributed by atoms with van der Waals surface area (Å²) >= 11 is 0. The van der Waals surface area contributed by atoms with Crippen molar-refractivity contribution in [3.63, 3.8) is 0 Å². The highest BCUT2D eigenvalue weighted by Crippen LogP contribution is 2.21. The summed E-state index contributed by atoms with van der Waals surface area (Å²) in [6, 6.07) is 15.0. The second-order valence-corrected chi connectivity index (χ2v) is 7.03. The average molecular weight is 419 g/mol. The number of hydrogen-bond acceptors (Lipinski definition) is 7. The first-order chi connectivity index (χ1) is 15.0. The van der Waals surface area contributed by atoms with Crippen LogP contribution in [0.2, 0.25) is 0 Å². The zero-order valence-electron chi connectivity index (χ0n) is 17.2. The van der Waals surface area contributed by atoms with Gasteiger partial charge in [0.1, 0.15) is 0 Å². The van der Waals surface area contributed by atoms with E-state index in [9.17, 15) is 9.59 Å². The molecule has 1 aromatic carbocycles. The topological polar surface area (TPSA) is 100 Å². The van der Waals surface area contributed by atoms with Crippen molar-refractivity contribution in [3.8, 4) is 17.3 Å². The number of rotatable bonds is 8. The molecular formula is C23H21N3O5. The van der Waals surface area contributed by atoms with Crippen molar-refractivity contribution in [2.45, 2.75) is 26.7 Å². The number of ether oxygens (including phenoxy) is 1. The number of carbonyl (C=O) groups is 2. The standard InChI is InChI=1S/C23H21N3O5/c1-15-13-18(16(2)26(15)17-7-4-3-5-8-17)19(27)14-30-22(28)11-10-21-24-23(25-31-21)20-9-6-12-29-20/h3-9,12-13H,10-11,14H2,1-2H3. The first kappa shape index (κ1) is 20.3. The molecule has 4 rings (SSSR count). The van der Waals surface area contributed by atoms with Crippen LogP contribution < -0.4 is 0 Å². The molecule has 0 aliphatic heterocycles. The highest BCUT2D eigenvalue weighted by Gasteiger charge is 2.19. The lowest BCUT2D eigenvalue weighted by Gasteiger charge is -2.09. The van der Waals surface area contributed by atoms with E-state index in [0.717, 1.165) is 17.1 Å². The van der Waals surface area contributed by atoms with Gasteiger partial charge in [-0.2, -0.15) is 4.98 Å². The summed E-state index contributed by atoms with van der Waals surface area (Å²) < 4.78 is 17.5. The molecule has 0 unspecified atom stereocenters. The molecule has 0 atom stereocenters. The first-order valence-corrected chi connectivity index (χ1v) is 9.82. The Hall–Kier alpha value is -3.94. The molecule has 0 saturated heterocycles. The molecule has 4 aromatic rings. The Bertz CT molecular complexity index is 1190. The summed E-state index contributed by atoms with van der Waals surface area (Å²) in [5.74, 6) is 0.333. The summed E-state index contributed by atoms with van der Waals surface area (Å²) in [7, 11) is 0. The van der Waals surface area contributed by atoms with Crippen molar-refractivity contribution in [2.75, 3.05) is 6.61 Å². The lowest BCUT2D eigenvalue weighted by molar-refractivity contribution is -0.142. The summed E-state index contributed by atoms with van der Waals surface area (Å²) in [6.07, 6.45) is 1.75. The number of nitrogens with zero attached hydrogens (tertiary/aromatic N) is 3. The first-order valence-electron chi connectivity index (χ1n) is 9.82. The third kappa shape index (κ3) is 4.48. The Balaban J connectivity index is 1.32. The molecule has 8 heteroatoms. The van der Waals surface area contributed by atoms with Gasteiger partial charge < -0.3 is 18.2 Å². The maximum atomic E-state index is 12.6. The molecule has 0 amide bonds. The van der Waals surface area contributed by atoms with Gasteiger partial charge in [0.05, 0.1) is 12.7 Å². The fourth-order valence-corrected chi connectivity index (χ4v) is 3.39. The number of hydrogen-bond donors (Lipinski definition) is 0. The van der Waals surface area contributed by atoms with Crippen molar-refractivity contribution >= 4 is 11.8 Å². The van der Waals surface area contributed by atoms with E-state index in [0.29, 0.717) is 23.0 Å². The van der Waals surface area contributed by atoms with E-state index in [2.05, 4.69) is 10.1 Å². The van der Waals surface area contributed by atoms with Crippen molar-refractivity contribution < 1.29 is 23.3 Å². The maximum Gasteiger partial charge on any atom is 0.306 e. The number of ketones is 1. The fourth-order valence-electron chi connectivity index (χ4n) is 3.39. The Morgan fingerprint density at radius 2 is 1.90 bits per heavy atom. The molecular weight excluding hydrogens is 398 g/mol. The molecule has 0 aliphatic carbocycles. The normalized spacial score (nSPS) is 10.9. The highest BCUT2D eigenvalue weighted by molar-refractivity contribution is 5.99. The van der Waals surface area contributed by atoms with E-state index < -0.39 is 5.97 Å². The van der Waals surface area contributed by atoms with Crippen LogP contribution >= 0.6 is 0 Å². The van der Waals surface area contributed by atoms with Crippen LogP contribution in [0.15, 0.2) is 63.7 Å². The minimum absolute atomic E-state index is 0.0239. The predicted molar refractivity (Wildman–Crippen MR) is 111 cm³/mol. The van der Waals surface area contributed by atoms with Crippen LogP contribution in [-0.2, 0) is 16.0 Å². The number of aryl methyl sites for hydroxylation is 2. The van der Waals surface area contributed by atoms with Crippen molar-refractivity contribution in [1.29, 1.82) is 0 Å². The Morgan fingerprint density at radius 3 is 2.65 bits per heavy atom. The van der Waals surface area contributed by atoms with Crippen LogP contribution in [0.1, 0.15) is 34.1 Å². The van der Waals surface area contributed by atoms with E-state index in [1.165, 1.54) is 6.26 Å². The quantitative estimate of drug-likeness (QED) is 0.313. The van der Waals surface area contributed by atoms with Crippen LogP contribution in [0.25, 0.3) is 17.3 Å². The minimum atomic E-state index is -0.511. The van der Waals surface area contributed by atoms with Crippen LogP contribution in [0.5, 0.6) is 0 Å². The Kier molecular flexibility index (Phi) is 5.79. The molecule has 0 radical (unpaired) electrons. The molecule has 0 saturated carbocycles. The summed E-state index contributed by atoms with van der Waals surface area (Å²) in [6.45, 7) is 3.49. The van der Waals surface area contributed by atoms with Gasteiger partial charge >= 0.3 is 5.97 Å². The van der Waals surface area contributed by atoms with Crippen LogP contribution in [0, 0.1) is 13.8 Å². The van der Waals surface area contributed by atoms with Gasteiger partial charge in [-0.1, -0.05) is 23.4 Å². The molecule has 0 fully saturated rings. The Labute approximate surface area is 178 Å². The number of furan rings is 1. The van der Waals surface area contributed by atoms with Crippen LogP contribution in [0.4, 0.5) is 0 Å². The second-order valence-electron chi connectivity index (χ2n) is 7.03. The van der Waals surface area contributed by atoms with E-state index >= 15 is 0 Å². The van der Waals surface area contributed by atoms with E-state index in [4.69, 9.17) is 13.7 Å². The lowest BCUT2D eigenvalue weighted by Crippen LogP contribution is -2.15. The SMILES string of the molecule is Cc1cc(C(=O)COC(=O)CCc2nc(-c3ccco3)no2)c(C)n1-c1ccccc1. The molecule has 0 N–H and O–H groups in total. The van der Waals surface area contributed by atoms with Gasteiger partial charge in [-0.3, -0.25) is 9.59 Å². The zero-order chi connectivity index (χ0) is 21.8. The number of carbonyl (C=O) groups excluding carboxylic acids is 2. The molecule has 0 bridgehead atoms. The number of benzene rings is 1. The van der Waals surface area contributed by atoms with Gasteiger partial charge in [0, 0.05) is 29.1 Å². The van der Waals surface area contributed by atoms with Gasteiger partial charge in [-0.15, -0.1) is 0 Å². The van der Waals surface area contributed by atoms with Crippen molar-refractivity contribution in [3.05, 3.63) is 77.6 Å². The molecule has 8 nitrogen and oxygen atoms in total. The van der Waals surface area contributed by atoms with Gasteiger partial charge in [0.2, 0.25) is 17.5 Å². The van der Waals surface area contributed by atoms with Gasteiger partial charge in [-0.05, 0) is 44.2 Å². The minimum Gasteiger partial charge on any atom is -0.461 e. The summed E-state index contributed by atoms with van der Waals surface area (Å²) in [4.78, 5) is 28.9. The molecule has 3 heterocycles. The second kappa shape index (κ2) is 8.83. The van der Waals surface area contributed by atoms with Crippen molar-refractivity contribution in [2.24, 2.45) is 0 Å². The third-order valence-corrected chi connectivity index (χ3v) is 4.86. The fraction of sp³-hybridized carbons (Fsp3) is 0.217. The molecule has 158 valence electrons. The lowest BCUT2D eigenvalue weighted by atomic mass is 10.1. The van der Waals surface area contributed by atoms with Crippen LogP contribution in [0.3, 0.4) is 0 Å². The van der Waals surface area contributed by atoms with E-state index in [1.807, 2.05) is 54.8 Å².